The summed E-state index contributed by atoms with van der Waals surface area (Å²) < 4.78 is 69.4. The van der Waals surface area contributed by atoms with Crippen LogP contribution in [0.2, 0.25) is 0 Å². The van der Waals surface area contributed by atoms with E-state index in [0.29, 0.717) is 0 Å². The number of rotatable bonds is 8. The van der Waals surface area contributed by atoms with Crippen LogP contribution in [0.1, 0.15) is 19.3 Å². The second-order valence-corrected chi connectivity index (χ2v) is 4.35. The summed E-state index contributed by atoms with van der Waals surface area (Å²) in [5.74, 6) is -8.55. The summed E-state index contributed by atoms with van der Waals surface area (Å²) in [5, 5.41) is 0. The molecule has 0 aliphatic rings. The third-order valence-corrected chi connectivity index (χ3v) is 2.68. The quantitative estimate of drug-likeness (QED) is 0.593. The second kappa shape index (κ2) is 7.92. The summed E-state index contributed by atoms with van der Waals surface area (Å²) in [6.07, 6.45) is -1.07. The fraction of sp³-hybridized carbons (Fsp3) is 0.462. The highest BCUT2D eigenvalue weighted by Gasteiger charge is 2.21. The SMILES string of the molecule is NCC(F)CCCC(=O)COc1c(F)c(F)cc(F)c1F. The number of benzene rings is 1. The molecule has 0 amide bonds. The van der Waals surface area contributed by atoms with Crippen molar-refractivity contribution in [2.75, 3.05) is 13.2 Å². The Morgan fingerprint density at radius 3 is 2.29 bits per heavy atom. The maximum atomic E-state index is 13.2. The molecule has 0 fully saturated rings. The van der Waals surface area contributed by atoms with Gasteiger partial charge in [0.1, 0.15) is 12.8 Å². The Morgan fingerprint density at radius 2 is 1.76 bits per heavy atom. The molecule has 0 aromatic heterocycles. The van der Waals surface area contributed by atoms with Crippen molar-refractivity contribution in [1.29, 1.82) is 0 Å². The van der Waals surface area contributed by atoms with E-state index in [2.05, 4.69) is 4.74 Å². The van der Waals surface area contributed by atoms with Crippen molar-refractivity contribution >= 4 is 5.78 Å². The number of Topliss-reactive ketones (excluding diaryl/α,β-unsaturated/α-hetero) is 1. The lowest BCUT2D eigenvalue weighted by atomic mass is 10.1. The maximum absolute atomic E-state index is 13.2. The van der Waals surface area contributed by atoms with E-state index in [9.17, 15) is 26.7 Å². The molecule has 0 saturated heterocycles. The number of alkyl halides is 1. The number of ketones is 1. The van der Waals surface area contributed by atoms with Crippen LogP contribution in [0.25, 0.3) is 0 Å². The molecule has 1 atom stereocenters. The second-order valence-electron chi connectivity index (χ2n) is 4.35. The molecule has 118 valence electrons. The maximum Gasteiger partial charge on any atom is 0.203 e. The fourth-order valence-electron chi connectivity index (χ4n) is 1.54. The van der Waals surface area contributed by atoms with Gasteiger partial charge in [0.2, 0.25) is 11.6 Å². The molecule has 0 bridgehead atoms. The molecule has 21 heavy (non-hydrogen) atoms. The van der Waals surface area contributed by atoms with Crippen molar-refractivity contribution in [2.24, 2.45) is 5.73 Å². The van der Waals surface area contributed by atoms with E-state index >= 15 is 0 Å². The standard InChI is InChI=1S/C13H14F5NO2/c14-7(5-19)2-1-3-8(20)6-21-13-11(17)9(15)4-10(16)12(13)18/h4,7H,1-3,5-6,19H2. The Balaban J connectivity index is 2.54. The van der Waals surface area contributed by atoms with Gasteiger partial charge < -0.3 is 10.5 Å². The molecule has 0 aliphatic carbocycles. The lowest BCUT2D eigenvalue weighted by Crippen LogP contribution is -2.17. The summed E-state index contributed by atoms with van der Waals surface area (Å²) in [6, 6.07) is 0.0353. The molecule has 3 nitrogen and oxygen atoms in total. The first-order valence-corrected chi connectivity index (χ1v) is 6.18. The summed E-state index contributed by atoms with van der Waals surface area (Å²) in [7, 11) is 0. The minimum Gasteiger partial charge on any atom is -0.480 e. The van der Waals surface area contributed by atoms with E-state index in [0.717, 1.165) is 0 Å². The highest BCUT2D eigenvalue weighted by molar-refractivity contribution is 5.79. The highest BCUT2D eigenvalue weighted by Crippen LogP contribution is 2.26. The van der Waals surface area contributed by atoms with E-state index < -0.39 is 47.6 Å². The monoisotopic (exact) mass is 311 g/mol. The molecule has 1 unspecified atom stereocenters. The number of nitrogens with two attached hydrogens (primary N) is 1. The van der Waals surface area contributed by atoms with Crippen LogP contribution in [-0.4, -0.2) is 25.1 Å². The summed E-state index contributed by atoms with van der Waals surface area (Å²) in [6.45, 7) is -0.931. The van der Waals surface area contributed by atoms with Gasteiger partial charge in [-0.25, -0.2) is 13.2 Å². The van der Waals surface area contributed by atoms with Crippen LogP contribution in [0.4, 0.5) is 22.0 Å². The van der Waals surface area contributed by atoms with Crippen molar-refractivity contribution in [3.63, 3.8) is 0 Å². The molecule has 0 aliphatic heterocycles. The van der Waals surface area contributed by atoms with Crippen molar-refractivity contribution in [2.45, 2.75) is 25.4 Å². The first-order chi connectivity index (χ1) is 9.86. The first kappa shape index (κ1) is 17.4. The molecule has 1 aromatic carbocycles. The molecular weight excluding hydrogens is 297 g/mol. The van der Waals surface area contributed by atoms with E-state index in [1.165, 1.54) is 0 Å². The summed E-state index contributed by atoms with van der Waals surface area (Å²) >= 11 is 0. The minimum absolute atomic E-state index is 0.0353. The molecule has 1 aromatic rings. The Kier molecular flexibility index (Phi) is 6.54. The third-order valence-electron chi connectivity index (χ3n) is 2.68. The normalized spacial score (nSPS) is 12.3. The Labute approximate surface area is 117 Å². The number of hydrogen-bond donors (Lipinski definition) is 1. The summed E-state index contributed by atoms with van der Waals surface area (Å²) in [5.41, 5.74) is 5.05. The van der Waals surface area contributed by atoms with E-state index in [1.807, 2.05) is 0 Å². The van der Waals surface area contributed by atoms with E-state index in [-0.39, 0.29) is 31.9 Å². The number of ether oxygens (including phenoxy) is 1. The van der Waals surface area contributed by atoms with Crippen LogP contribution >= 0.6 is 0 Å². The van der Waals surface area contributed by atoms with Gasteiger partial charge >= 0.3 is 0 Å². The average molecular weight is 311 g/mol. The Bertz CT molecular complexity index is 484. The first-order valence-electron chi connectivity index (χ1n) is 6.18. The van der Waals surface area contributed by atoms with Gasteiger partial charge in [-0.05, 0) is 12.8 Å². The molecule has 0 saturated carbocycles. The van der Waals surface area contributed by atoms with Gasteiger partial charge in [0, 0.05) is 19.0 Å². The molecule has 0 radical (unpaired) electrons. The number of carbonyl (C=O) groups excluding carboxylic acids is 1. The Morgan fingerprint density at radius 1 is 1.19 bits per heavy atom. The average Bonchev–Trinajstić information content (AvgIpc) is 2.45. The van der Waals surface area contributed by atoms with Gasteiger partial charge in [-0.2, -0.15) is 8.78 Å². The van der Waals surface area contributed by atoms with Crippen LogP contribution in [0, 0.1) is 23.3 Å². The zero-order chi connectivity index (χ0) is 16.0. The zero-order valence-corrected chi connectivity index (χ0v) is 11.0. The lowest BCUT2D eigenvalue weighted by molar-refractivity contribution is -0.121. The zero-order valence-electron chi connectivity index (χ0n) is 11.0. The predicted molar refractivity (Wildman–Crippen MR) is 64.6 cm³/mol. The van der Waals surface area contributed by atoms with Crippen LogP contribution in [-0.2, 0) is 4.79 Å². The van der Waals surface area contributed by atoms with Crippen molar-refractivity contribution in [1.82, 2.24) is 0 Å². The van der Waals surface area contributed by atoms with Crippen LogP contribution in [0.15, 0.2) is 6.07 Å². The van der Waals surface area contributed by atoms with Gasteiger partial charge in [-0.3, -0.25) is 4.79 Å². The number of halogens is 5. The molecule has 0 heterocycles. The van der Waals surface area contributed by atoms with Gasteiger partial charge in [0.25, 0.3) is 0 Å². The van der Waals surface area contributed by atoms with Gasteiger partial charge in [-0.1, -0.05) is 0 Å². The predicted octanol–water partition coefficient (Wildman–Crippen LogP) is 2.66. The van der Waals surface area contributed by atoms with Crippen LogP contribution in [0.3, 0.4) is 0 Å². The lowest BCUT2D eigenvalue weighted by Gasteiger charge is -2.09. The molecule has 8 heteroatoms. The van der Waals surface area contributed by atoms with Gasteiger partial charge in [0.05, 0.1) is 0 Å². The topological polar surface area (TPSA) is 52.3 Å². The fourth-order valence-corrected chi connectivity index (χ4v) is 1.54. The van der Waals surface area contributed by atoms with E-state index in [4.69, 9.17) is 5.73 Å². The van der Waals surface area contributed by atoms with Gasteiger partial charge in [-0.15, -0.1) is 0 Å². The van der Waals surface area contributed by atoms with Crippen molar-refractivity contribution in [3.8, 4) is 5.75 Å². The van der Waals surface area contributed by atoms with Crippen LogP contribution < -0.4 is 10.5 Å². The highest BCUT2D eigenvalue weighted by atomic mass is 19.2. The summed E-state index contributed by atoms with van der Waals surface area (Å²) in [4.78, 5) is 11.4. The Hall–Kier alpha value is -1.70. The molecule has 0 spiro atoms. The molecule has 2 N–H and O–H groups in total. The van der Waals surface area contributed by atoms with E-state index in [1.54, 1.807) is 0 Å². The third kappa shape index (κ3) is 4.96. The van der Waals surface area contributed by atoms with Crippen molar-refractivity contribution < 1.29 is 31.5 Å². The minimum atomic E-state index is -1.71. The largest absolute Gasteiger partial charge is 0.480 e. The van der Waals surface area contributed by atoms with Crippen LogP contribution in [0.5, 0.6) is 5.75 Å². The smallest absolute Gasteiger partial charge is 0.203 e. The number of carbonyl (C=O) groups is 1. The van der Waals surface area contributed by atoms with Crippen molar-refractivity contribution in [3.05, 3.63) is 29.3 Å². The van der Waals surface area contributed by atoms with Gasteiger partial charge in [0.15, 0.2) is 23.2 Å². The molecular formula is C13H14F5NO2. The molecule has 1 rings (SSSR count). The number of hydrogen-bond acceptors (Lipinski definition) is 3.